The summed E-state index contributed by atoms with van der Waals surface area (Å²) in [6, 6.07) is 4.23. The second-order valence-electron chi connectivity index (χ2n) is 3.26. The van der Waals surface area contributed by atoms with E-state index in [2.05, 4.69) is 29.4 Å². The molecule has 0 aliphatic heterocycles. The Morgan fingerprint density at radius 3 is 2.85 bits per heavy atom. The molecule has 0 aliphatic rings. The maximum atomic E-state index is 4.26. The first-order chi connectivity index (χ1) is 6.33. The molecule has 1 heterocycles. The zero-order valence-electron chi connectivity index (χ0n) is 8.51. The van der Waals surface area contributed by atoms with E-state index in [1.807, 2.05) is 13.1 Å². The molecule has 0 radical (unpaired) electrons. The van der Waals surface area contributed by atoms with Crippen molar-refractivity contribution < 1.29 is 0 Å². The van der Waals surface area contributed by atoms with Crippen molar-refractivity contribution in [3.05, 3.63) is 29.6 Å². The molecule has 1 aromatic rings. The number of aryl methyl sites for hydroxylation is 2. The molecule has 1 aromatic heterocycles. The van der Waals surface area contributed by atoms with Crippen molar-refractivity contribution in [1.29, 1.82) is 0 Å². The highest BCUT2D eigenvalue weighted by molar-refractivity contribution is 5.13. The highest BCUT2D eigenvalue weighted by Gasteiger charge is 1.92. The summed E-state index contributed by atoms with van der Waals surface area (Å²) in [4.78, 5) is 4.26. The molecule has 0 aliphatic carbocycles. The fourth-order valence-electron chi connectivity index (χ4n) is 1.24. The molecule has 0 unspecified atom stereocenters. The maximum absolute atomic E-state index is 4.26. The Morgan fingerprint density at radius 1 is 1.38 bits per heavy atom. The summed E-state index contributed by atoms with van der Waals surface area (Å²) >= 11 is 0. The van der Waals surface area contributed by atoms with Gasteiger partial charge in [-0.15, -0.1) is 0 Å². The van der Waals surface area contributed by atoms with Crippen LogP contribution < -0.4 is 5.32 Å². The lowest BCUT2D eigenvalue weighted by Gasteiger charge is -2.02. The number of aromatic nitrogens is 1. The normalized spacial score (nSPS) is 10.3. The quantitative estimate of drug-likeness (QED) is 0.697. The van der Waals surface area contributed by atoms with E-state index in [1.54, 1.807) is 0 Å². The molecule has 72 valence electrons. The zero-order chi connectivity index (χ0) is 9.52. The molecule has 0 atom stereocenters. The molecule has 0 saturated heterocycles. The zero-order valence-corrected chi connectivity index (χ0v) is 8.51. The highest BCUT2D eigenvalue weighted by Crippen LogP contribution is 2.01. The predicted molar refractivity (Wildman–Crippen MR) is 55.8 cm³/mol. The minimum Gasteiger partial charge on any atom is -0.317 e. The van der Waals surface area contributed by atoms with Gasteiger partial charge in [0.2, 0.25) is 0 Å². The first-order valence-electron chi connectivity index (χ1n) is 4.95. The van der Waals surface area contributed by atoms with Crippen LogP contribution in [-0.4, -0.2) is 18.1 Å². The van der Waals surface area contributed by atoms with Crippen LogP contribution in [0.4, 0.5) is 0 Å². The Kier molecular flexibility index (Phi) is 4.47. The monoisotopic (exact) mass is 178 g/mol. The topological polar surface area (TPSA) is 24.9 Å². The Bertz CT molecular complexity index is 228. The van der Waals surface area contributed by atoms with Gasteiger partial charge < -0.3 is 5.32 Å². The van der Waals surface area contributed by atoms with Crippen LogP contribution in [0.3, 0.4) is 0 Å². The van der Waals surface area contributed by atoms with E-state index in [4.69, 9.17) is 0 Å². The van der Waals surface area contributed by atoms with Crippen LogP contribution in [0.1, 0.15) is 24.6 Å². The van der Waals surface area contributed by atoms with Gasteiger partial charge in [-0.25, -0.2) is 0 Å². The van der Waals surface area contributed by atoms with Crippen molar-refractivity contribution in [3.63, 3.8) is 0 Å². The van der Waals surface area contributed by atoms with E-state index >= 15 is 0 Å². The molecule has 2 nitrogen and oxygen atoms in total. The van der Waals surface area contributed by atoms with Crippen molar-refractivity contribution in [2.75, 3.05) is 13.1 Å². The molecule has 0 fully saturated rings. The van der Waals surface area contributed by atoms with Gasteiger partial charge in [-0.05, 0) is 44.5 Å². The Morgan fingerprint density at radius 2 is 2.23 bits per heavy atom. The van der Waals surface area contributed by atoms with Crippen molar-refractivity contribution >= 4 is 0 Å². The van der Waals surface area contributed by atoms with Crippen LogP contribution in [0, 0.1) is 6.92 Å². The molecule has 1 rings (SSSR count). The third-order valence-corrected chi connectivity index (χ3v) is 2.04. The molecule has 0 amide bonds. The highest BCUT2D eigenvalue weighted by atomic mass is 14.8. The second-order valence-corrected chi connectivity index (χ2v) is 3.26. The second kappa shape index (κ2) is 5.70. The standard InChI is InChI=1S/C11H18N2/c1-3-12-8-4-5-11-7-6-10(2)13-9-11/h6-7,9,12H,3-5,8H2,1-2H3. The fourth-order valence-corrected chi connectivity index (χ4v) is 1.24. The lowest BCUT2D eigenvalue weighted by molar-refractivity contribution is 0.672. The molecule has 1 N–H and O–H groups in total. The van der Waals surface area contributed by atoms with Crippen molar-refractivity contribution in [2.45, 2.75) is 26.7 Å². The van der Waals surface area contributed by atoms with Crippen LogP contribution in [0.15, 0.2) is 18.3 Å². The summed E-state index contributed by atoms with van der Waals surface area (Å²) in [6.07, 6.45) is 4.29. The van der Waals surface area contributed by atoms with Crippen molar-refractivity contribution in [1.82, 2.24) is 10.3 Å². The number of hydrogen-bond acceptors (Lipinski definition) is 2. The maximum Gasteiger partial charge on any atom is 0.0372 e. The summed E-state index contributed by atoms with van der Waals surface area (Å²) < 4.78 is 0. The van der Waals surface area contributed by atoms with Gasteiger partial charge in [0.1, 0.15) is 0 Å². The molecular formula is C11H18N2. The fraction of sp³-hybridized carbons (Fsp3) is 0.545. The van der Waals surface area contributed by atoms with Gasteiger partial charge in [-0.2, -0.15) is 0 Å². The number of hydrogen-bond donors (Lipinski definition) is 1. The summed E-state index contributed by atoms with van der Waals surface area (Å²) in [5, 5.41) is 3.31. The van der Waals surface area contributed by atoms with E-state index in [0.29, 0.717) is 0 Å². The average molecular weight is 178 g/mol. The molecule has 13 heavy (non-hydrogen) atoms. The molecule has 0 saturated carbocycles. The van der Waals surface area contributed by atoms with Gasteiger partial charge in [0.05, 0.1) is 0 Å². The summed E-state index contributed by atoms with van der Waals surface area (Å²) in [5.41, 5.74) is 2.43. The molecule has 0 aromatic carbocycles. The summed E-state index contributed by atoms with van der Waals surface area (Å²) in [5.74, 6) is 0. The van der Waals surface area contributed by atoms with Crippen LogP contribution in [-0.2, 0) is 6.42 Å². The van der Waals surface area contributed by atoms with Gasteiger partial charge in [0.15, 0.2) is 0 Å². The largest absolute Gasteiger partial charge is 0.317 e. The number of nitrogens with one attached hydrogen (secondary N) is 1. The molecule has 0 spiro atoms. The van der Waals surface area contributed by atoms with Crippen molar-refractivity contribution in [2.24, 2.45) is 0 Å². The Labute approximate surface area is 80.4 Å². The molecule has 0 bridgehead atoms. The minimum absolute atomic E-state index is 1.06. The van der Waals surface area contributed by atoms with E-state index in [-0.39, 0.29) is 0 Å². The third kappa shape index (κ3) is 4.04. The number of pyridine rings is 1. The molecular weight excluding hydrogens is 160 g/mol. The van der Waals surface area contributed by atoms with Gasteiger partial charge in [-0.1, -0.05) is 13.0 Å². The first kappa shape index (κ1) is 10.2. The van der Waals surface area contributed by atoms with Crippen LogP contribution >= 0.6 is 0 Å². The SMILES string of the molecule is CCNCCCc1ccc(C)nc1. The smallest absolute Gasteiger partial charge is 0.0372 e. The van der Waals surface area contributed by atoms with Gasteiger partial charge in [0.25, 0.3) is 0 Å². The van der Waals surface area contributed by atoms with Crippen LogP contribution in [0.2, 0.25) is 0 Å². The van der Waals surface area contributed by atoms with Gasteiger partial charge >= 0.3 is 0 Å². The van der Waals surface area contributed by atoms with E-state index in [0.717, 1.165) is 25.2 Å². The average Bonchev–Trinajstić information content (AvgIpc) is 2.15. The van der Waals surface area contributed by atoms with Gasteiger partial charge in [-0.3, -0.25) is 4.98 Å². The predicted octanol–water partition coefficient (Wildman–Crippen LogP) is 1.93. The van der Waals surface area contributed by atoms with E-state index in [1.165, 1.54) is 12.0 Å². The summed E-state index contributed by atoms with van der Waals surface area (Å²) in [6.45, 7) is 6.31. The first-order valence-corrected chi connectivity index (χ1v) is 4.95. The molecule has 2 heteroatoms. The minimum atomic E-state index is 1.06. The lowest BCUT2D eigenvalue weighted by Crippen LogP contribution is -2.14. The number of nitrogens with zero attached hydrogens (tertiary/aromatic N) is 1. The Hall–Kier alpha value is -0.890. The number of rotatable bonds is 5. The summed E-state index contributed by atoms with van der Waals surface area (Å²) in [7, 11) is 0. The van der Waals surface area contributed by atoms with E-state index in [9.17, 15) is 0 Å². The lowest BCUT2D eigenvalue weighted by atomic mass is 10.1. The van der Waals surface area contributed by atoms with Crippen molar-refractivity contribution in [3.8, 4) is 0 Å². The van der Waals surface area contributed by atoms with Gasteiger partial charge in [0, 0.05) is 11.9 Å². The Balaban J connectivity index is 2.25. The van der Waals surface area contributed by atoms with Crippen LogP contribution in [0.25, 0.3) is 0 Å². The van der Waals surface area contributed by atoms with Crippen LogP contribution in [0.5, 0.6) is 0 Å². The third-order valence-electron chi connectivity index (χ3n) is 2.04. The van der Waals surface area contributed by atoms with E-state index < -0.39 is 0 Å².